The van der Waals surface area contributed by atoms with Crippen LogP contribution in [0.5, 0.6) is 0 Å². The molecule has 0 aromatic heterocycles. The van der Waals surface area contributed by atoms with Crippen LogP contribution in [0.15, 0.2) is 91.0 Å². The van der Waals surface area contributed by atoms with E-state index in [-0.39, 0.29) is 22.4 Å². The maximum atomic E-state index is 2.84. The van der Waals surface area contributed by atoms with E-state index in [4.69, 9.17) is 0 Å². The van der Waals surface area contributed by atoms with Crippen molar-refractivity contribution in [2.45, 2.75) is 108 Å². The third-order valence-electron chi connectivity index (χ3n) is 8.06. The number of hydrogen-bond donors (Lipinski definition) is 0. The standard InChI is InChI=1S/C36H51P.BrH/c37-32-24-13-11-9-7-5-3-1-2-4-6-8-10-12-23-31-36(33-25-17-14-18-26-33,34-27-19-15-20-28-34)35-29-21-16-22-30-35;/h14-22,25-30H,1-13,23-24,31-32,37H2;1H. The molecule has 0 nitrogen and oxygen atoms in total. The first-order valence-corrected chi connectivity index (χ1v) is 16.1. The molecule has 0 heterocycles. The van der Waals surface area contributed by atoms with Gasteiger partial charge in [-0.25, -0.2) is 0 Å². The molecule has 0 radical (unpaired) electrons. The van der Waals surface area contributed by atoms with Gasteiger partial charge in [0.05, 0.1) is 0 Å². The summed E-state index contributed by atoms with van der Waals surface area (Å²) in [5, 5.41) is 0. The molecule has 0 N–H and O–H groups in total. The van der Waals surface area contributed by atoms with Crippen LogP contribution in [0.25, 0.3) is 0 Å². The lowest BCUT2D eigenvalue weighted by Gasteiger charge is -2.36. The van der Waals surface area contributed by atoms with Crippen molar-refractivity contribution in [1.29, 1.82) is 0 Å². The number of unbranched alkanes of at least 4 members (excludes halogenated alkanes) is 14. The van der Waals surface area contributed by atoms with Gasteiger partial charge >= 0.3 is 0 Å². The molecule has 3 aromatic rings. The van der Waals surface area contributed by atoms with E-state index in [0.717, 1.165) is 6.42 Å². The van der Waals surface area contributed by atoms with Crippen molar-refractivity contribution in [3.8, 4) is 0 Å². The van der Waals surface area contributed by atoms with Crippen molar-refractivity contribution < 1.29 is 0 Å². The normalized spacial score (nSPS) is 11.3. The summed E-state index contributed by atoms with van der Waals surface area (Å²) < 4.78 is 0. The van der Waals surface area contributed by atoms with Crippen molar-refractivity contribution in [1.82, 2.24) is 0 Å². The number of rotatable bonds is 20. The minimum Gasteiger partial charge on any atom is -0.138 e. The van der Waals surface area contributed by atoms with Gasteiger partial charge in [-0.3, -0.25) is 0 Å². The fourth-order valence-electron chi connectivity index (χ4n) is 5.93. The number of halogens is 1. The summed E-state index contributed by atoms with van der Waals surface area (Å²) in [4.78, 5) is 0. The minimum absolute atomic E-state index is 0. The fourth-order valence-corrected chi connectivity index (χ4v) is 6.22. The van der Waals surface area contributed by atoms with Crippen molar-refractivity contribution in [2.24, 2.45) is 0 Å². The minimum atomic E-state index is -0.0845. The Labute approximate surface area is 247 Å². The Bertz CT molecular complexity index is 829. The Kier molecular flexibility index (Phi) is 17.7. The molecule has 1 unspecified atom stereocenters. The van der Waals surface area contributed by atoms with E-state index in [9.17, 15) is 0 Å². The lowest BCUT2D eigenvalue weighted by atomic mass is 9.66. The maximum absolute atomic E-state index is 2.84. The predicted molar refractivity (Wildman–Crippen MR) is 178 cm³/mol. The molecular formula is C36H52BrP. The van der Waals surface area contributed by atoms with E-state index < -0.39 is 0 Å². The first-order chi connectivity index (χ1) is 18.4. The summed E-state index contributed by atoms with van der Waals surface area (Å²) in [5.74, 6) is 0. The number of hydrogen-bond acceptors (Lipinski definition) is 0. The molecule has 0 aliphatic heterocycles. The largest absolute Gasteiger partial charge is 0.138 e. The van der Waals surface area contributed by atoms with Crippen LogP contribution >= 0.6 is 26.2 Å². The van der Waals surface area contributed by atoms with Gasteiger partial charge in [-0.05, 0) is 35.7 Å². The van der Waals surface area contributed by atoms with E-state index in [2.05, 4.69) is 100 Å². The monoisotopic (exact) mass is 594 g/mol. The van der Waals surface area contributed by atoms with Crippen LogP contribution in [-0.2, 0) is 5.41 Å². The van der Waals surface area contributed by atoms with Gasteiger partial charge in [-0.2, -0.15) is 0 Å². The molecule has 2 heteroatoms. The summed E-state index contributed by atoms with van der Waals surface area (Å²) in [6.07, 6.45) is 23.5. The van der Waals surface area contributed by atoms with Crippen LogP contribution in [0.3, 0.4) is 0 Å². The van der Waals surface area contributed by atoms with Gasteiger partial charge in [0, 0.05) is 5.41 Å². The molecule has 0 spiro atoms. The zero-order valence-electron chi connectivity index (χ0n) is 23.7. The smallest absolute Gasteiger partial charge is 0.0451 e. The summed E-state index contributed by atoms with van der Waals surface area (Å²) in [5.41, 5.74) is 4.14. The second-order valence-corrected chi connectivity index (χ2v) is 11.4. The molecule has 0 amide bonds. The highest BCUT2D eigenvalue weighted by molar-refractivity contribution is 8.93. The summed E-state index contributed by atoms with van der Waals surface area (Å²) in [7, 11) is 2.84. The first kappa shape index (κ1) is 32.8. The molecule has 0 aliphatic carbocycles. The van der Waals surface area contributed by atoms with E-state index in [1.54, 1.807) is 0 Å². The average molecular weight is 596 g/mol. The van der Waals surface area contributed by atoms with Crippen molar-refractivity contribution in [3.05, 3.63) is 108 Å². The SMILES string of the molecule is Br.PCCCCCCCCCCCCCCCCCC(c1ccccc1)(c1ccccc1)c1ccccc1. The molecular weight excluding hydrogens is 543 g/mol. The predicted octanol–water partition coefficient (Wildman–Crippen LogP) is 11.7. The van der Waals surface area contributed by atoms with Crippen molar-refractivity contribution in [2.75, 3.05) is 6.16 Å². The Balaban J connectivity index is 0.00000507. The average Bonchev–Trinajstić information content (AvgIpc) is 2.96. The van der Waals surface area contributed by atoms with Crippen molar-refractivity contribution in [3.63, 3.8) is 0 Å². The third-order valence-corrected chi connectivity index (χ3v) is 8.46. The fraction of sp³-hybridized carbons (Fsp3) is 0.500. The van der Waals surface area contributed by atoms with Gasteiger partial charge in [-0.1, -0.05) is 181 Å². The molecule has 0 saturated carbocycles. The van der Waals surface area contributed by atoms with Gasteiger partial charge in [-0.15, -0.1) is 26.2 Å². The molecule has 0 aliphatic rings. The Morgan fingerprint density at radius 1 is 0.368 bits per heavy atom. The van der Waals surface area contributed by atoms with Crippen LogP contribution in [-0.4, -0.2) is 6.16 Å². The zero-order valence-corrected chi connectivity index (χ0v) is 26.5. The van der Waals surface area contributed by atoms with Crippen molar-refractivity contribution >= 4 is 26.2 Å². The van der Waals surface area contributed by atoms with Crippen LogP contribution in [0.2, 0.25) is 0 Å². The van der Waals surface area contributed by atoms with E-state index in [0.29, 0.717) is 0 Å². The molecule has 1 atom stereocenters. The maximum Gasteiger partial charge on any atom is 0.0451 e. The molecule has 3 aromatic carbocycles. The topological polar surface area (TPSA) is 0 Å². The molecule has 0 bridgehead atoms. The molecule has 38 heavy (non-hydrogen) atoms. The van der Waals surface area contributed by atoms with Crippen LogP contribution in [0, 0.1) is 0 Å². The first-order valence-electron chi connectivity index (χ1n) is 15.2. The van der Waals surface area contributed by atoms with Gasteiger partial charge < -0.3 is 0 Å². The van der Waals surface area contributed by atoms with E-state index >= 15 is 0 Å². The Morgan fingerprint density at radius 3 is 0.921 bits per heavy atom. The summed E-state index contributed by atoms with van der Waals surface area (Å²) >= 11 is 0. The molecule has 0 fully saturated rings. The van der Waals surface area contributed by atoms with Gasteiger partial charge in [0.25, 0.3) is 0 Å². The highest BCUT2D eigenvalue weighted by atomic mass is 79.9. The molecule has 208 valence electrons. The van der Waals surface area contributed by atoms with E-state index in [1.807, 2.05) is 0 Å². The van der Waals surface area contributed by atoms with Gasteiger partial charge in [0.15, 0.2) is 0 Å². The van der Waals surface area contributed by atoms with Crippen LogP contribution in [0.4, 0.5) is 0 Å². The third kappa shape index (κ3) is 11.0. The Morgan fingerprint density at radius 2 is 0.632 bits per heavy atom. The van der Waals surface area contributed by atoms with Crippen LogP contribution in [0.1, 0.15) is 119 Å². The second-order valence-electron chi connectivity index (χ2n) is 10.8. The molecule has 0 saturated heterocycles. The zero-order chi connectivity index (χ0) is 25.9. The lowest BCUT2D eigenvalue weighted by Crippen LogP contribution is -2.29. The lowest BCUT2D eigenvalue weighted by molar-refractivity contribution is 0.491. The van der Waals surface area contributed by atoms with E-state index in [1.165, 1.54) is 119 Å². The Hall–Kier alpha value is -1.43. The highest BCUT2D eigenvalue weighted by Gasteiger charge is 2.35. The van der Waals surface area contributed by atoms with Crippen LogP contribution < -0.4 is 0 Å². The molecule has 3 rings (SSSR count). The van der Waals surface area contributed by atoms with Gasteiger partial charge in [0.1, 0.15) is 0 Å². The summed E-state index contributed by atoms with van der Waals surface area (Å²) in [6.45, 7) is 0. The highest BCUT2D eigenvalue weighted by Crippen LogP contribution is 2.43. The summed E-state index contributed by atoms with van der Waals surface area (Å²) in [6, 6.07) is 33.5. The van der Waals surface area contributed by atoms with Gasteiger partial charge in [0.2, 0.25) is 0 Å². The number of benzene rings is 3. The second kappa shape index (κ2) is 20.5. The quantitative estimate of drug-likeness (QED) is 0.0692.